The Bertz CT molecular complexity index is 1070. The Morgan fingerprint density at radius 3 is 1.60 bits per heavy atom. The molecule has 3 nitrogen and oxygen atoms in total. The number of nitrogens with one attached hydrogen (secondary N) is 1. The normalized spacial score (nSPS) is 15.6. The van der Waals surface area contributed by atoms with Crippen LogP contribution in [0, 0.1) is 0 Å². The highest BCUT2D eigenvalue weighted by Gasteiger charge is 2.27. The fourth-order valence-corrected chi connectivity index (χ4v) is 5.20. The van der Waals surface area contributed by atoms with Gasteiger partial charge < -0.3 is 9.82 Å². The third-order valence-electron chi connectivity index (χ3n) is 5.01. The van der Waals surface area contributed by atoms with Crippen LogP contribution in [0.1, 0.15) is 37.5 Å². The van der Waals surface area contributed by atoms with Crippen molar-refractivity contribution in [1.82, 2.24) is 0 Å². The van der Waals surface area contributed by atoms with Crippen LogP contribution < -0.4 is 5.09 Å². The van der Waals surface area contributed by atoms with Crippen LogP contribution in [0.4, 0.5) is 5.69 Å². The zero-order chi connectivity index (χ0) is 21.2. The third-order valence-corrected chi connectivity index (χ3v) is 6.85. The third kappa shape index (κ3) is 4.58. The molecule has 0 amide bonds. The van der Waals surface area contributed by atoms with Crippen LogP contribution in [0.15, 0.2) is 96.6 Å². The Hall–Kier alpha value is -3.03. The average Bonchev–Trinajstić information content (AvgIpc) is 2.74. The lowest BCUT2D eigenvalue weighted by molar-refractivity contribution is 0.469. The fourth-order valence-electron chi connectivity index (χ4n) is 3.34. The molecule has 30 heavy (non-hydrogen) atoms. The molecular formula is C26H26NO2P. The standard InChI is InChI=1S/C26H26NO2P/c1-26(2,3)22-14-16-23(17-15-22)27-30(28)18-24(20-10-6-4-7-11-20)29-25(19-30)21-12-8-5-9-13-21/h4-19H,1-3H3,(H,27,28). The molecule has 4 rings (SSSR count). The van der Waals surface area contributed by atoms with Gasteiger partial charge in [-0.05, 0) is 23.1 Å². The maximum absolute atomic E-state index is 13.9. The summed E-state index contributed by atoms with van der Waals surface area (Å²) in [7, 11) is -3.03. The minimum absolute atomic E-state index is 0.0717. The molecule has 1 N–H and O–H groups in total. The van der Waals surface area contributed by atoms with Gasteiger partial charge in [0.15, 0.2) is 0 Å². The van der Waals surface area contributed by atoms with E-state index in [1.165, 1.54) is 5.56 Å². The van der Waals surface area contributed by atoms with Crippen molar-refractivity contribution >= 4 is 24.5 Å². The molecule has 0 aliphatic carbocycles. The second kappa shape index (κ2) is 8.01. The van der Waals surface area contributed by atoms with Crippen molar-refractivity contribution in [1.29, 1.82) is 0 Å². The van der Waals surface area contributed by atoms with Crippen molar-refractivity contribution in [3.63, 3.8) is 0 Å². The van der Waals surface area contributed by atoms with Gasteiger partial charge in [0.25, 0.3) is 0 Å². The summed E-state index contributed by atoms with van der Waals surface area (Å²) < 4.78 is 20.1. The first-order valence-electron chi connectivity index (χ1n) is 10.1. The van der Waals surface area contributed by atoms with Crippen LogP contribution in [0.25, 0.3) is 11.5 Å². The van der Waals surface area contributed by atoms with E-state index in [0.717, 1.165) is 16.8 Å². The first kappa shape index (κ1) is 20.3. The quantitative estimate of drug-likeness (QED) is 0.444. The Morgan fingerprint density at radius 1 is 0.700 bits per heavy atom. The first-order chi connectivity index (χ1) is 14.3. The molecule has 4 heteroatoms. The average molecular weight is 415 g/mol. The molecule has 0 saturated heterocycles. The van der Waals surface area contributed by atoms with Gasteiger partial charge in [-0.1, -0.05) is 93.6 Å². The van der Waals surface area contributed by atoms with Gasteiger partial charge >= 0.3 is 0 Å². The Balaban J connectivity index is 1.72. The summed E-state index contributed by atoms with van der Waals surface area (Å²) in [5.74, 6) is 4.62. The predicted molar refractivity (Wildman–Crippen MR) is 126 cm³/mol. The van der Waals surface area contributed by atoms with E-state index < -0.39 is 7.29 Å². The summed E-state index contributed by atoms with van der Waals surface area (Å²) >= 11 is 0. The van der Waals surface area contributed by atoms with Gasteiger partial charge in [-0.3, -0.25) is 4.57 Å². The zero-order valence-corrected chi connectivity index (χ0v) is 18.4. The molecule has 0 unspecified atom stereocenters. The number of hydrogen-bond acceptors (Lipinski definition) is 2. The summed E-state index contributed by atoms with van der Waals surface area (Å²) in [6.07, 6.45) is 0. The van der Waals surface area contributed by atoms with E-state index in [1.807, 2.05) is 72.8 Å². The second-order valence-corrected chi connectivity index (χ2v) is 10.6. The zero-order valence-electron chi connectivity index (χ0n) is 17.5. The number of benzene rings is 3. The highest BCUT2D eigenvalue weighted by molar-refractivity contribution is 7.72. The molecular weight excluding hydrogens is 389 g/mol. The van der Waals surface area contributed by atoms with Crippen molar-refractivity contribution in [3.8, 4) is 0 Å². The maximum atomic E-state index is 13.9. The minimum Gasteiger partial charge on any atom is -0.456 e. The monoisotopic (exact) mass is 415 g/mol. The molecule has 1 aliphatic heterocycles. The Kier molecular flexibility index (Phi) is 5.40. The molecule has 0 spiro atoms. The van der Waals surface area contributed by atoms with E-state index in [9.17, 15) is 4.57 Å². The smallest absolute Gasteiger partial charge is 0.220 e. The van der Waals surface area contributed by atoms with Crippen molar-refractivity contribution in [2.75, 3.05) is 5.09 Å². The summed E-state index contributed by atoms with van der Waals surface area (Å²) in [6, 6.07) is 27.7. The van der Waals surface area contributed by atoms with E-state index in [2.05, 4.69) is 38.0 Å². The van der Waals surface area contributed by atoms with Crippen molar-refractivity contribution < 1.29 is 9.30 Å². The summed E-state index contributed by atoms with van der Waals surface area (Å²) in [6.45, 7) is 6.54. The van der Waals surface area contributed by atoms with Crippen molar-refractivity contribution in [3.05, 3.63) is 113 Å². The molecule has 1 heterocycles. The van der Waals surface area contributed by atoms with Crippen LogP contribution >= 0.6 is 7.29 Å². The largest absolute Gasteiger partial charge is 0.456 e. The Morgan fingerprint density at radius 2 is 1.17 bits per heavy atom. The molecule has 0 saturated carbocycles. The van der Waals surface area contributed by atoms with Gasteiger partial charge in [-0.2, -0.15) is 0 Å². The summed E-state index contributed by atoms with van der Waals surface area (Å²) in [5, 5.41) is 3.26. The van der Waals surface area contributed by atoms with Crippen molar-refractivity contribution in [2.45, 2.75) is 26.2 Å². The van der Waals surface area contributed by atoms with E-state index in [-0.39, 0.29) is 5.41 Å². The fraction of sp³-hybridized carbons (Fsp3) is 0.154. The summed E-state index contributed by atoms with van der Waals surface area (Å²) in [4.78, 5) is 0. The van der Waals surface area contributed by atoms with Gasteiger partial charge in [0.2, 0.25) is 7.29 Å². The first-order valence-corrected chi connectivity index (χ1v) is 11.9. The number of ether oxygens (including phenoxy) is 1. The van der Waals surface area contributed by atoms with Gasteiger partial charge in [-0.25, -0.2) is 0 Å². The lowest BCUT2D eigenvalue weighted by Crippen LogP contribution is -2.10. The highest BCUT2D eigenvalue weighted by atomic mass is 31.2. The van der Waals surface area contributed by atoms with E-state index in [4.69, 9.17) is 4.74 Å². The number of anilines is 1. The van der Waals surface area contributed by atoms with Gasteiger partial charge in [0, 0.05) is 28.4 Å². The van der Waals surface area contributed by atoms with Crippen LogP contribution in [0.5, 0.6) is 0 Å². The maximum Gasteiger partial charge on any atom is 0.220 e. The molecule has 0 fully saturated rings. The Labute approximate surface area is 178 Å². The highest BCUT2D eigenvalue weighted by Crippen LogP contribution is 2.56. The van der Waals surface area contributed by atoms with Crippen LogP contribution in [0.3, 0.4) is 0 Å². The lowest BCUT2D eigenvalue weighted by atomic mass is 9.87. The van der Waals surface area contributed by atoms with E-state index in [0.29, 0.717) is 11.5 Å². The van der Waals surface area contributed by atoms with E-state index in [1.54, 1.807) is 11.6 Å². The summed E-state index contributed by atoms with van der Waals surface area (Å²) in [5.41, 5.74) is 3.91. The molecule has 3 aromatic rings. The number of hydrogen-bond donors (Lipinski definition) is 1. The van der Waals surface area contributed by atoms with Gasteiger partial charge in [0.1, 0.15) is 11.5 Å². The predicted octanol–water partition coefficient (Wildman–Crippen LogP) is 7.70. The topological polar surface area (TPSA) is 38.3 Å². The molecule has 0 aromatic heterocycles. The van der Waals surface area contributed by atoms with Crippen molar-refractivity contribution in [2.24, 2.45) is 0 Å². The molecule has 3 aromatic carbocycles. The van der Waals surface area contributed by atoms with E-state index >= 15 is 0 Å². The number of rotatable bonds is 4. The lowest BCUT2D eigenvalue weighted by Gasteiger charge is -2.24. The molecule has 1 aliphatic rings. The van der Waals surface area contributed by atoms with Crippen LogP contribution in [0.2, 0.25) is 0 Å². The molecule has 152 valence electrons. The van der Waals surface area contributed by atoms with Crippen LogP contribution in [-0.4, -0.2) is 0 Å². The second-order valence-electron chi connectivity index (χ2n) is 8.47. The SMILES string of the molecule is CC(C)(C)c1ccc(NP2(=O)C=C(c3ccccc3)OC(c3ccccc3)=C2)cc1. The minimum atomic E-state index is -3.03. The van der Waals surface area contributed by atoms with Gasteiger partial charge in [0.05, 0.1) is 0 Å². The van der Waals surface area contributed by atoms with Crippen LogP contribution in [-0.2, 0) is 14.7 Å². The molecule has 0 atom stereocenters. The molecule has 0 bridgehead atoms. The molecule has 0 radical (unpaired) electrons. The van der Waals surface area contributed by atoms with Gasteiger partial charge in [-0.15, -0.1) is 0 Å².